The molecule has 3 unspecified atom stereocenters. The van der Waals surface area contributed by atoms with Gasteiger partial charge in [-0.15, -0.1) is 0 Å². The van der Waals surface area contributed by atoms with Gasteiger partial charge in [0.2, 0.25) is 5.91 Å². The summed E-state index contributed by atoms with van der Waals surface area (Å²) in [6.07, 6.45) is -1.24. The van der Waals surface area contributed by atoms with E-state index in [1.54, 1.807) is 25.1 Å². The molecule has 218 valence electrons. The van der Waals surface area contributed by atoms with Crippen LogP contribution >= 0.6 is 0 Å². The Morgan fingerprint density at radius 2 is 1.76 bits per heavy atom. The fourth-order valence-corrected chi connectivity index (χ4v) is 7.20. The van der Waals surface area contributed by atoms with Crippen LogP contribution in [0.15, 0.2) is 36.4 Å². The van der Waals surface area contributed by atoms with Crippen LogP contribution in [-0.2, 0) is 27.3 Å². The molecule has 6 N–H and O–H groups in total. The zero-order chi connectivity index (χ0) is 30.0. The summed E-state index contributed by atoms with van der Waals surface area (Å²) in [5.74, 6) is -9.23. The molecule has 7 atom stereocenters. The van der Waals surface area contributed by atoms with Crippen molar-refractivity contribution in [3.63, 3.8) is 0 Å². The summed E-state index contributed by atoms with van der Waals surface area (Å²) in [4.78, 5) is 57.3. The highest BCUT2D eigenvalue weighted by Crippen LogP contribution is 2.53. The van der Waals surface area contributed by atoms with E-state index >= 15 is 0 Å². The summed E-state index contributed by atoms with van der Waals surface area (Å²) >= 11 is 0. The minimum atomic E-state index is -2.69. The number of anilines is 2. The van der Waals surface area contributed by atoms with E-state index in [0.717, 1.165) is 5.56 Å². The minimum Gasteiger partial charge on any atom is -0.505 e. The molecule has 11 heteroatoms. The maximum Gasteiger partial charge on any atom is 0.230 e. The van der Waals surface area contributed by atoms with Crippen LogP contribution in [0.4, 0.5) is 11.4 Å². The molecule has 2 saturated carbocycles. The van der Waals surface area contributed by atoms with Crippen molar-refractivity contribution in [3.05, 3.63) is 53.1 Å². The first-order valence-corrected chi connectivity index (χ1v) is 13.6. The first kappa shape index (κ1) is 28.7. The van der Waals surface area contributed by atoms with Crippen molar-refractivity contribution < 1.29 is 34.5 Å². The monoisotopic (exact) mass is 564 g/mol. The maximum absolute atomic E-state index is 14.1. The summed E-state index contributed by atoms with van der Waals surface area (Å²) in [7, 11) is 6.87. The highest BCUT2D eigenvalue weighted by Gasteiger charge is 2.69. The number of hydrogen-bond acceptors (Lipinski definition) is 10. The molecule has 2 aromatic rings. The van der Waals surface area contributed by atoms with E-state index in [4.69, 9.17) is 5.73 Å². The van der Waals surface area contributed by atoms with Gasteiger partial charge in [-0.3, -0.25) is 19.2 Å². The third-order valence-corrected chi connectivity index (χ3v) is 9.07. The molecule has 0 spiro atoms. The van der Waals surface area contributed by atoms with E-state index in [0.29, 0.717) is 23.5 Å². The van der Waals surface area contributed by atoms with E-state index in [-0.39, 0.29) is 24.2 Å². The van der Waals surface area contributed by atoms with Crippen molar-refractivity contribution in [3.8, 4) is 5.75 Å². The highest BCUT2D eigenvalue weighted by atomic mass is 16.3. The third-order valence-electron chi connectivity index (χ3n) is 9.07. The van der Waals surface area contributed by atoms with Crippen LogP contribution in [0.25, 0.3) is 0 Å². The number of nitrogens with one attached hydrogen (secondary N) is 1. The Kier molecular flexibility index (Phi) is 7.17. The molecule has 0 saturated heterocycles. The molecule has 1 amide bonds. The Labute approximate surface area is 237 Å². The van der Waals surface area contributed by atoms with Crippen LogP contribution in [0.3, 0.4) is 0 Å². The minimum absolute atomic E-state index is 0.0256. The fourth-order valence-electron chi connectivity index (χ4n) is 7.20. The second-order valence-corrected chi connectivity index (χ2v) is 11.8. The number of nitrogens with two attached hydrogens (primary N) is 1. The molecule has 3 aliphatic rings. The lowest BCUT2D eigenvalue weighted by molar-refractivity contribution is -0.190. The SMILES string of the molecule is CN(C)c1cc(NCc2ccccc2)c(O)c2c1C[C@@H]1C[C@@H]3[C@@H](N(C)C)C(O)C(C(N)=O)C(=O)[C@]3(O)C(=O)C1C2=O. The van der Waals surface area contributed by atoms with Gasteiger partial charge >= 0.3 is 0 Å². The van der Waals surface area contributed by atoms with Crippen LogP contribution < -0.4 is 16.0 Å². The quantitative estimate of drug-likeness (QED) is 0.243. The number of aliphatic hydroxyl groups excluding tert-OH is 1. The number of benzene rings is 2. The summed E-state index contributed by atoms with van der Waals surface area (Å²) < 4.78 is 0. The number of fused-ring (bicyclic) bond motifs is 3. The van der Waals surface area contributed by atoms with Crippen LogP contribution in [0.1, 0.15) is 27.9 Å². The highest BCUT2D eigenvalue weighted by molar-refractivity contribution is 6.26. The molecule has 0 bridgehead atoms. The third kappa shape index (κ3) is 4.30. The van der Waals surface area contributed by atoms with E-state index < -0.39 is 64.7 Å². The molecule has 0 radical (unpaired) electrons. The Morgan fingerprint density at radius 1 is 1.10 bits per heavy atom. The van der Waals surface area contributed by atoms with Crippen LogP contribution in [0.2, 0.25) is 0 Å². The number of amides is 1. The van der Waals surface area contributed by atoms with Gasteiger partial charge in [0.05, 0.1) is 23.3 Å². The number of hydrogen-bond donors (Lipinski definition) is 5. The Morgan fingerprint density at radius 3 is 2.34 bits per heavy atom. The number of primary amides is 1. The van der Waals surface area contributed by atoms with Gasteiger partial charge in [-0.25, -0.2) is 0 Å². The van der Waals surface area contributed by atoms with Crippen molar-refractivity contribution in [1.82, 2.24) is 4.90 Å². The smallest absolute Gasteiger partial charge is 0.230 e. The number of likely N-dealkylation sites (N-methyl/N-ethyl adjacent to an activating group) is 1. The van der Waals surface area contributed by atoms with Crippen LogP contribution in [0, 0.1) is 23.7 Å². The number of ketones is 3. The molecule has 11 nitrogen and oxygen atoms in total. The van der Waals surface area contributed by atoms with Crippen molar-refractivity contribution >= 4 is 34.6 Å². The number of nitrogens with zero attached hydrogens (tertiary/aromatic N) is 2. The number of phenols is 1. The molecule has 0 heterocycles. The summed E-state index contributed by atoms with van der Waals surface area (Å²) in [6.45, 7) is 0.373. The predicted octanol–water partition coefficient (Wildman–Crippen LogP) is 0.337. The zero-order valence-corrected chi connectivity index (χ0v) is 23.5. The standard InChI is InChI=1S/C30H36N4O7/c1-33(2)19-12-18(32-13-14-8-6-5-7-9-14)24(35)21-16(19)10-15-11-17-23(34(3)4)26(37)22(29(31)40)28(39)30(17,41)27(38)20(15)25(21)36/h5-9,12,15,17,20,22-23,26,32,35,37,41H,10-11,13H2,1-4H3,(H2,31,40)/t15-,17-,20?,22?,23-,26?,30-/m1/s1. The Balaban J connectivity index is 1.60. The second-order valence-electron chi connectivity index (χ2n) is 11.8. The fraction of sp³-hybridized carbons (Fsp3) is 0.467. The van der Waals surface area contributed by atoms with Crippen LogP contribution in [-0.4, -0.2) is 89.4 Å². The number of carbonyl (C=O) groups excluding carboxylic acids is 4. The van der Waals surface area contributed by atoms with Crippen molar-refractivity contribution in [2.45, 2.75) is 37.1 Å². The average Bonchev–Trinajstić information content (AvgIpc) is 2.90. The van der Waals surface area contributed by atoms with Gasteiger partial charge in [-0.2, -0.15) is 0 Å². The topological polar surface area (TPSA) is 173 Å². The van der Waals surface area contributed by atoms with E-state index in [1.165, 1.54) is 0 Å². The van der Waals surface area contributed by atoms with Gasteiger partial charge in [0.25, 0.3) is 0 Å². The zero-order valence-electron chi connectivity index (χ0n) is 23.5. The molecule has 41 heavy (non-hydrogen) atoms. The van der Waals surface area contributed by atoms with Crippen molar-refractivity contribution in [2.24, 2.45) is 29.4 Å². The number of rotatable bonds is 6. The number of phenolic OH excluding ortho intramolecular Hbond substituents is 1. The first-order valence-electron chi connectivity index (χ1n) is 13.6. The lowest BCUT2D eigenvalue weighted by Gasteiger charge is -2.55. The van der Waals surface area contributed by atoms with Crippen LogP contribution in [0.5, 0.6) is 5.75 Å². The summed E-state index contributed by atoms with van der Waals surface area (Å²) in [5, 5.41) is 37.3. The summed E-state index contributed by atoms with van der Waals surface area (Å²) in [6, 6.07) is 10.3. The van der Waals surface area contributed by atoms with Gasteiger partial charge in [-0.1, -0.05) is 30.3 Å². The number of aliphatic hydroxyl groups is 2. The van der Waals surface area contributed by atoms with E-state index in [2.05, 4.69) is 5.32 Å². The van der Waals surface area contributed by atoms with Gasteiger partial charge < -0.3 is 36.2 Å². The molecular weight excluding hydrogens is 528 g/mol. The summed E-state index contributed by atoms with van der Waals surface area (Å²) in [5.41, 5.74) is 5.24. The lowest BCUT2D eigenvalue weighted by Crippen LogP contribution is -2.75. The molecule has 5 rings (SSSR count). The van der Waals surface area contributed by atoms with Crippen molar-refractivity contribution in [2.75, 3.05) is 38.4 Å². The molecule has 2 aromatic carbocycles. The average molecular weight is 565 g/mol. The largest absolute Gasteiger partial charge is 0.505 e. The number of Topliss-reactive ketones (excluding diaryl/α,β-unsaturated/α-hetero) is 3. The van der Waals surface area contributed by atoms with Gasteiger partial charge in [0.1, 0.15) is 11.7 Å². The first-order chi connectivity index (χ1) is 19.3. The normalized spacial score (nSPS) is 30.9. The Hall–Kier alpha value is -3.80. The number of aromatic hydroxyl groups is 1. The molecule has 2 fully saturated rings. The number of carbonyl (C=O) groups is 4. The second kappa shape index (κ2) is 10.2. The van der Waals surface area contributed by atoms with E-state index in [1.807, 2.05) is 49.3 Å². The Bertz CT molecular complexity index is 1430. The van der Waals surface area contributed by atoms with Crippen molar-refractivity contribution in [1.29, 1.82) is 0 Å². The molecule has 3 aliphatic carbocycles. The van der Waals surface area contributed by atoms with E-state index in [9.17, 15) is 34.5 Å². The predicted molar refractivity (Wildman–Crippen MR) is 150 cm³/mol. The van der Waals surface area contributed by atoms with Gasteiger partial charge in [-0.05, 0) is 50.0 Å². The lowest BCUT2D eigenvalue weighted by atomic mass is 9.52. The van der Waals surface area contributed by atoms with Gasteiger partial charge in [0, 0.05) is 38.3 Å². The maximum atomic E-state index is 14.1. The molecular formula is C30H36N4O7. The van der Waals surface area contributed by atoms with Gasteiger partial charge in [0.15, 0.2) is 23.0 Å². The molecule has 0 aliphatic heterocycles. The molecule has 0 aromatic heterocycles.